The Kier molecular flexibility index (Phi) is 7.78. The van der Waals surface area contributed by atoms with Crippen molar-refractivity contribution in [3.63, 3.8) is 0 Å². The van der Waals surface area contributed by atoms with Crippen LogP contribution in [0.2, 0.25) is 0 Å². The molecule has 1 aliphatic heterocycles. The Balaban J connectivity index is 1.61. The third-order valence-electron chi connectivity index (χ3n) is 8.16. The molecule has 2 fully saturated rings. The van der Waals surface area contributed by atoms with Crippen LogP contribution in [0.25, 0.3) is 0 Å². The molecule has 0 spiro atoms. The summed E-state index contributed by atoms with van der Waals surface area (Å²) in [4.78, 5) is 27.8. The van der Waals surface area contributed by atoms with Crippen molar-refractivity contribution in [2.75, 3.05) is 25.0 Å². The average molecular weight is 448 g/mol. The molecule has 3 rings (SSSR count). The number of anilines is 1. The highest BCUT2D eigenvalue weighted by atomic mass is 19.1. The molecule has 32 heavy (non-hydrogen) atoms. The van der Waals surface area contributed by atoms with E-state index in [0.29, 0.717) is 30.8 Å². The molecule has 1 unspecified atom stereocenters. The van der Waals surface area contributed by atoms with Gasteiger partial charge in [0, 0.05) is 38.2 Å². The summed E-state index contributed by atoms with van der Waals surface area (Å²) in [6, 6.07) is 4.09. The summed E-state index contributed by atoms with van der Waals surface area (Å²) in [5, 5.41) is 11.4. The molecule has 178 valence electrons. The second-order valence-electron chi connectivity index (χ2n) is 10.3. The lowest BCUT2D eigenvalue weighted by atomic mass is 9.67. The Bertz CT molecular complexity index is 821. The molecule has 2 aliphatic rings. The maximum atomic E-state index is 14.5. The normalized spacial score (nSPS) is 24.7. The van der Waals surface area contributed by atoms with E-state index in [0.717, 1.165) is 44.9 Å². The molecule has 0 N–H and O–H groups in total. The van der Waals surface area contributed by atoms with E-state index in [2.05, 4.69) is 20.8 Å². The predicted molar refractivity (Wildman–Crippen MR) is 125 cm³/mol. The summed E-state index contributed by atoms with van der Waals surface area (Å²) in [5.74, 6) is 0.447. The van der Waals surface area contributed by atoms with E-state index < -0.39 is 10.7 Å². The fraction of sp³-hybridized carbons (Fsp3) is 0.720. The van der Waals surface area contributed by atoms with Crippen LogP contribution in [0.15, 0.2) is 18.2 Å². The van der Waals surface area contributed by atoms with Gasteiger partial charge in [-0.2, -0.15) is 0 Å². The highest BCUT2D eigenvalue weighted by Gasteiger charge is 2.36. The number of amides is 1. The lowest BCUT2D eigenvalue weighted by Crippen LogP contribution is -2.43. The van der Waals surface area contributed by atoms with Crippen molar-refractivity contribution >= 4 is 17.3 Å². The number of rotatable bonds is 6. The Morgan fingerprint density at radius 1 is 1.19 bits per heavy atom. The molecule has 0 bridgehead atoms. The molecule has 1 saturated heterocycles. The molecule has 1 amide bonds. The molecule has 0 radical (unpaired) electrons. The minimum Gasteiger partial charge on any atom is -0.364 e. The molecule has 1 heterocycles. The number of hydrogen-bond donors (Lipinski definition) is 0. The van der Waals surface area contributed by atoms with Crippen LogP contribution in [-0.2, 0) is 4.79 Å². The van der Waals surface area contributed by atoms with Crippen molar-refractivity contribution in [1.82, 2.24) is 4.90 Å². The molecule has 1 aromatic carbocycles. The molecule has 0 aromatic heterocycles. The monoisotopic (exact) mass is 447 g/mol. The molecule has 6 nitrogen and oxygen atoms in total. The second-order valence-corrected chi connectivity index (χ2v) is 10.3. The fourth-order valence-electron chi connectivity index (χ4n) is 5.53. The van der Waals surface area contributed by atoms with E-state index in [1.54, 1.807) is 4.90 Å². The number of hydrogen-bond acceptors (Lipinski definition) is 4. The van der Waals surface area contributed by atoms with Crippen molar-refractivity contribution in [3.05, 3.63) is 34.1 Å². The van der Waals surface area contributed by atoms with E-state index in [9.17, 15) is 19.3 Å². The van der Waals surface area contributed by atoms with Crippen LogP contribution in [0.1, 0.15) is 72.1 Å². The predicted octanol–water partition coefficient (Wildman–Crippen LogP) is 5.79. The largest absolute Gasteiger partial charge is 0.364 e. The second kappa shape index (κ2) is 10.2. The quantitative estimate of drug-likeness (QED) is 0.409. The van der Waals surface area contributed by atoms with Crippen LogP contribution in [0.3, 0.4) is 0 Å². The fourth-order valence-corrected chi connectivity index (χ4v) is 5.53. The number of halogens is 1. The number of para-hydroxylation sites is 1. The number of benzene rings is 1. The molecule has 1 atom stereocenters. The van der Waals surface area contributed by atoms with Crippen molar-refractivity contribution in [3.8, 4) is 0 Å². The number of carbonyl (C=O) groups is 1. The smallest absolute Gasteiger partial charge is 0.295 e. The van der Waals surface area contributed by atoms with Gasteiger partial charge >= 0.3 is 0 Å². The minimum absolute atomic E-state index is 0.0731. The highest BCUT2D eigenvalue weighted by molar-refractivity contribution is 5.79. The van der Waals surface area contributed by atoms with E-state index >= 15 is 0 Å². The average Bonchev–Trinajstić information content (AvgIpc) is 3.04. The first-order valence-corrected chi connectivity index (χ1v) is 12.1. The van der Waals surface area contributed by atoms with Crippen molar-refractivity contribution in [1.29, 1.82) is 0 Å². The zero-order valence-electron chi connectivity index (χ0n) is 20.0. The van der Waals surface area contributed by atoms with Crippen LogP contribution in [0.4, 0.5) is 15.8 Å². The van der Waals surface area contributed by atoms with E-state index in [1.807, 2.05) is 11.9 Å². The molecular formula is C25H38FN3O3. The van der Waals surface area contributed by atoms with E-state index in [1.165, 1.54) is 18.2 Å². The van der Waals surface area contributed by atoms with Gasteiger partial charge in [-0.05, 0) is 62.3 Å². The van der Waals surface area contributed by atoms with Gasteiger partial charge in [0.25, 0.3) is 5.69 Å². The Labute approximate surface area is 191 Å². The maximum Gasteiger partial charge on any atom is 0.295 e. The zero-order valence-corrected chi connectivity index (χ0v) is 20.0. The van der Waals surface area contributed by atoms with Gasteiger partial charge in [-0.15, -0.1) is 0 Å². The Morgan fingerprint density at radius 3 is 2.50 bits per heavy atom. The summed E-state index contributed by atoms with van der Waals surface area (Å²) < 4.78 is 14.5. The summed E-state index contributed by atoms with van der Waals surface area (Å²) in [6.07, 6.45) is 7.58. The lowest BCUT2D eigenvalue weighted by molar-refractivity contribution is -0.384. The molecule has 1 saturated carbocycles. The first-order chi connectivity index (χ1) is 15.2. The van der Waals surface area contributed by atoms with Gasteiger partial charge in [0.05, 0.1) is 4.92 Å². The van der Waals surface area contributed by atoms with Crippen LogP contribution in [-0.4, -0.2) is 41.9 Å². The van der Waals surface area contributed by atoms with Gasteiger partial charge < -0.3 is 9.80 Å². The molecule has 7 heteroatoms. The van der Waals surface area contributed by atoms with Gasteiger partial charge in [-0.3, -0.25) is 14.9 Å². The van der Waals surface area contributed by atoms with Gasteiger partial charge in [-0.1, -0.05) is 33.3 Å². The molecule has 1 aliphatic carbocycles. The number of nitrogens with zero attached hydrogens (tertiary/aromatic N) is 3. The first kappa shape index (κ1) is 24.5. The van der Waals surface area contributed by atoms with E-state index in [4.69, 9.17) is 0 Å². The molecule has 1 aromatic rings. The third kappa shape index (κ3) is 5.24. The first-order valence-electron chi connectivity index (χ1n) is 12.1. The van der Waals surface area contributed by atoms with Crippen molar-refractivity contribution in [2.24, 2.45) is 17.3 Å². The van der Waals surface area contributed by atoms with Crippen LogP contribution in [0, 0.1) is 33.2 Å². The van der Waals surface area contributed by atoms with Crippen molar-refractivity contribution < 1.29 is 14.1 Å². The summed E-state index contributed by atoms with van der Waals surface area (Å²) in [7, 11) is 1.90. The summed E-state index contributed by atoms with van der Waals surface area (Å²) >= 11 is 0. The number of nitro benzene ring substituents is 1. The Hall–Kier alpha value is -2.18. The summed E-state index contributed by atoms with van der Waals surface area (Å²) in [6.45, 7) is 7.97. The number of carbonyl (C=O) groups excluding carboxylic acids is 1. The maximum absolute atomic E-state index is 14.5. The summed E-state index contributed by atoms with van der Waals surface area (Å²) in [5.41, 5.74) is 0.212. The number of nitro groups is 1. The van der Waals surface area contributed by atoms with Gasteiger partial charge in [0.15, 0.2) is 11.5 Å². The van der Waals surface area contributed by atoms with Gasteiger partial charge in [0.2, 0.25) is 5.91 Å². The molecular weight excluding hydrogens is 409 g/mol. The van der Waals surface area contributed by atoms with Crippen LogP contribution >= 0.6 is 0 Å². The minimum atomic E-state index is -0.561. The lowest BCUT2D eigenvalue weighted by Gasteiger charge is -2.40. The van der Waals surface area contributed by atoms with Crippen LogP contribution < -0.4 is 4.90 Å². The van der Waals surface area contributed by atoms with Crippen LogP contribution in [0.5, 0.6) is 0 Å². The zero-order chi connectivity index (χ0) is 23.5. The highest BCUT2D eigenvalue weighted by Crippen LogP contribution is 2.42. The van der Waals surface area contributed by atoms with Gasteiger partial charge in [-0.25, -0.2) is 4.39 Å². The standard InChI is InChI=1S/C25H38FN3O3/c1-5-25(2,3)19-13-11-18(12-14-19)24(30)27(4)20-8-7-16-28(17-15-20)23-21(26)9-6-10-22(23)29(31)32/h6,9-10,18-20H,5,7-8,11-17H2,1-4H3. The topological polar surface area (TPSA) is 66.7 Å². The SMILES string of the molecule is CCC(C)(C)C1CCC(C(=O)N(C)C2CCCN(c3c(F)cccc3[N+](=O)[O-])CC2)CC1. The Morgan fingerprint density at radius 2 is 1.88 bits per heavy atom. The van der Waals surface area contributed by atoms with Crippen molar-refractivity contribution in [2.45, 2.75) is 78.2 Å². The van der Waals surface area contributed by atoms with E-state index in [-0.39, 0.29) is 29.2 Å². The third-order valence-corrected chi connectivity index (χ3v) is 8.16. The van der Waals surface area contributed by atoms with Gasteiger partial charge in [0.1, 0.15) is 0 Å².